The van der Waals surface area contributed by atoms with Crippen molar-refractivity contribution in [3.8, 4) is 0 Å². The Morgan fingerprint density at radius 1 is 1.26 bits per heavy atom. The van der Waals surface area contributed by atoms with Crippen LogP contribution in [0.4, 0.5) is 4.79 Å². The highest BCUT2D eigenvalue weighted by Gasteiger charge is 2.33. The van der Waals surface area contributed by atoms with Crippen molar-refractivity contribution < 1.29 is 19.1 Å². The monoisotopic (exact) mass is 376 g/mol. The highest BCUT2D eigenvalue weighted by Crippen LogP contribution is 2.22. The van der Waals surface area contributed by atoms with Gasteiger partial charge < -0.3 is 14.4 Å². The summed E-state index contributed by atoms with van der Waals surface area (Å²) in [5.41, 5.74) is 1.84. The van der Waals surface area contributed by atoms with Gasteiger partial charge in [0.05, 0.1) is 13.7 Å². The Hall–Kier alpha value is -2.08. The van der Waals surface area contributed by atoms with Crippen molar-refractivity contribution in [2.75, 3.05) is 26.7 Å². The Morgan fingerprint density at radius 2 is 1.96 bits per heavy atom. The van der Waals surface area contributed by atoms with E-state index in [1.165, 1.54) is 18.2 Å². The van der Waals surface area contributed by atoms with Gasteiger partial charge in [0.2, 0.25) is 0 Å². The van der Waals surface area contributed by atoms with E-state index in [1.807, 2.05) is 32.9 Å². The first-order chi connectivity index (χ1) is 12.7. The molecule has 0 N–H and O–H groups in total. The quantitative estimate of drug-likeness (QED) is 0.713. The number of likely N-dealkylation sites (tertiary alicyclic amines) is 1. The third-order valence-electron chi connectivity index (χ3n) is 4.71. The zero-order valence-corrected chi connectivity index (χ0v) is 17.2. The van der Waals surface area contributed by atoms with Crippen LogP contribution in [0.15, 0.2) is 24.3 Å². The van der Waals surface area contributed by atoms with Crippen LogP contribution in [0.25, 0.3) is 0 Å². The molecule has 1 saturated heterocycles. The lowest BCUT2D eigenvalue weighted by molar-refractivity contribution is -0.142. The maximum atomic E-state index is 12.5. The van der Waals surface area contributed by atoms with Crippen LogP contribution in [-0.2, 0) is 20.8 Å². The summed E-state index contributed by atoms with van der Waals surface area (Å²) in [6.07, 6.45) is 1.57. The molecule has 0 radical (unpaired) electrons. The Kier molecular flexibility index (Phi) is 7.25. The minimum absolute atomic E-state index is 0.0357. The van der Waals surface area contributed by atoms with Gasteiger partial charge in [0.15, 0.2) is 0 Å². The summed E-state index contributed by atoms with van der Waals surface area (Å²) in [5, 5.41) is 0. The summed E-state index contributed by atoms with van der Waals surface area (Å²) >= 11 is 0. The van der Waals surface area contributed by atoms with E-state index in [4.69, 9.17) is 9.47 Å². The minimum atomic E-state index is -0.517. The van der Waals surface area contributed by atoms with E-state index in [-0.39, 0.29) is 24.6 Å². The van der Waals surface area contributed by atoms with Crippen molar-refractivity contribution in [1.82, 2.24) is 9.80 Å². The number of carbonyl (C=O) groups is 2. The fraction of sp³-hybridized carbons (Fsp3) is 0.619. The van der Waals surface area contributed by atoms with Gasteiger partial charge in [0, 0.05) is 25.7 Å². The van der Waals surface area contributed by atoms with E-state index in [9.17, 15) is 9.59 Å². The van der Waals surface area contributed by atoms with E-state index >= 15 is 0 Å². The molecule has 1 atom stereocenters. The zero-order chi connectivity index (χ0) is 20.0. The van der Waals surface area contributed by atoms with Gasteiger partial charge in [0.1, 0.15) is 5.60 Å². The van der Waals surface area contributed by atoms with Crippen molar-refractivity contribution in [1.29, 1.82) is 0 Å². The Labute approximate surface area is 162 Å². The molecule has 1 aromatic carbocycles. The van der Waals surface area contributed by atoms with Gasteiger partial charge in [-0.25, -0.2) is 4.79 Å². The largest absolute Gasteiger partial charge is 0.468 e. The van der Waals surface area contributed by atoms with E-state index in [0.717, 1.165) is 12.8 Å². The van der Waals surface area contributed by atoms with Crippen LogP contribution in [0.5, 0.6) is 0 Å². The molecule has 150 valence electrons. The molecule has 0 saturated carbocycles. The van der Waals surface area contributed by atoms with E-state index in [0.29, 0.717) is 19.6 Å². The lowest BCUT2D eigenvalue weighted by atomic mass is 10.1. The van der Waals surface area contributed by atoms with Gasteiger partial charge in [-0.15, -0.1) is 0 Å². The Balaban J connectivity index is 2.10. The molecule has 1 aliphatic rings. The SMILES string of the molecule is COC(=O)CN(Cc1ccccc1C)C[C@@H]1CCCN1C(=O)OC(C)(C)C. The molecule has 0 spiro atoms. The summed E-state index contributed by atoms with van der Waals surface area (Å²) in [5.74, 6) is -0.273. The molecule has 0 bridgehead atoms. The predicted octanol–water partition coefficient (Wildman–Crippen LogP) is 3.37. The number of benzene rings is 1. The third-order valence-corrected chi connectivity index (χ3v) is 4.71. The smallest absolute Gasteiger partial charge is 0.410 e. The van der Waals surface area contributed by atoms with Gasteiger partial charge in [-0.2, -0.15) is 0 Å². The van der Waals surface area contributed by atoms with Crippen molar-refractivity contribution in [2.45, 2.75) is 58.7 Å². The first kappa shape index (κ1) is 21.2. The maximum Gasteiger partial charge on any atom is 0.410 e. The topological polar surface area (TPSA) is 59.1 Å². The number of rotatable bonds is 6. The highest BCUT2D eigenvalue weighted by atomic mass is 16.6. The Morgan fingerprint density at radius 3 is 2.59 bits per heavy atom. The second-order valence-electron chi connectivity index (χ2n) is 8.14. The fourth-order valence-electron chi connectivity index (χ4n) is 3.34. The number of aryl methyl sites for hydroxylation is 1. The number of hydrogen-bond acceptors (Lipinski definition) is 5. The number of ether oxygens (including phenoxy) is 2. The molecule has 1 aromatic rings. The second-order valence-corrected chi connectivity index (χ2v) is 8.14. The molecule has 0 unspecified atom stereocenters. The van der Waals surface area contributed by atoms with Crippen LogP contribution in [0.1, 0.15) is 44.7 Å². The van der Waals surface area contributed by atoms with Crippen LogP contribution in [0, 0.1) is 6.92 Å². The summed E-state index contributed by atoms with van der Waals surface area (Å²) < 4.78 is 10.4. The molecule has 1 fully saturated rings. The number of esters is 1. The molecule has 1 amide bonds. The van der Waals surface area contributed by atoms with Crippen molar-refractivity contribution in [3.05, 3.63) is 35.4 Å². The summed E-state index contributed by atoms with van der Waals surface area (Å²) in [4.78, 5) is 28.3. The molecular formula is C21H32N2O4. The fourth-order valence-corrected chi connectivity index (χ4v) is 3.34. The molecule has 0 aromatic heterocycles. The molecule has 1 heterocycles. The van der Waals surface area contributed by atoms with Crippen LogP contribution in [-0.4, -0.2) is 60.2 Å². The normalized spacial score (nSPS) is 17.3. The van der Waals surface area contributed by atoms with Crippen molar-refractivity contribution >= 4 is 12.1 Å². The molecule has 27 heavy (non-hydrogen) atoms. The van der Waals surface area contributed by atoms with Gasteiger partial charge in [-0.05, 0) is 51.7 Å². The van der Waals surface area contributed by atoms with E-state index in [2.05, 4.69) is 24.0 Å². The first-order valence-corrected chi connectivity index (χ1v) is 9.53. The van der Waals surface area contributed by atoms with Gasteiger partial charge in [-0.3, -0.25) is 9.69 Å². The highest BCUT2D eigenvalue weighted by molar-refractivity contribution is 5.71. The van der Waals surface area contributed by atoms with Crippen LogP contribution in [0.2, 0.25) is 0 Å². The molecule has 2 rings (SSSR count). The minimum Gasteiger partial charge on any atom is -0.468 e. The third kappa shape index (κ3) is 6.54. The summed E-state index contributed by atoms with van der Waals surface area (Å²) in [6.45, 7) is 9.82. The summed E-state index contributed by atoms with van der Waals surface area (Å²) in [6, 6.07) is 8.17. The van der Waals surface area contributed by atoms with E-state index in [1.54, 1.807) is 4.90 Å². The average Bonchev–Trinajstić information content (AvgIpc) is 3.03. The second kappa shape index (κ2) is 9.22. The van der Waals surface area contributed by atoms with Gasteiger partial charge in [-0.1, -0.05) is 24.3 Å². The van der Waals surface area contributed by atoms with Gasteiger partial charge in [0.25, 0.3) is 0 Å². The summed E-state index contributed by atoms with van der Waals surface area (Å²) in [7, 11) is 1.40. The lowest BCUT2D eigenvalue weighted by Gasteiger charge is -2.32. The van der Waals surface area contributed by atoms with Gasteiger partial charge >= 0.3 is 12.1 Å². The number of carbonyl (C=O) groups excluding carboxylic acids is 2. The van der Waals surface area contributed by atoms with E-state index < -0.39 is 5.60 Å². The molecule has 0 aliphatic carbocycles. The van der Waals surface area contributed by atoms with Crippen molar-refractivity contribution in [3.63, 3.8) is 0 Å². The number of hydrogen-bond donors (Lipinski definition) is 0. The molecule has 6 nitrogen and oxygen atoms in total. The molecule has 1 aliphatic heterocycles. The predicted molar refractivity (Wildman–Crippen MR) is 104 cm³/mol. The van der Waals surface area contributed by atoms with Crippen molar-refractivity contribution in [2.24, 2.45) is 0 Å². The first-order valence-electron chi connectivity index (χ1n) is 9.53. The maximum absolute atomic E-state index is 12.5. The zero-order valence-electron chi connectivity index (χ0n) is 17.2. The van der Waals surface area contributed by atoms with Crippen LogP contribution >= 0.6 is 0 Å². The lowest BCUT2D eigenvalue weighted by Crippen LogP contribution is -2.46. The number of methoxy groups -OCH3 is 1. The number of amides is 1. The van der Waals surface area contributed by atoms with Crippen LogP contribution in [0.3, 0.4) is 0 Å². The number of nitrogens with zero attached hydrogens (tertiary/aromatic N) is 2. The Bertz CT molecular complexity index is 654. The molecule has 6 heteroatoms. The standard InChI is InChI=1S/C21H32N2O4/c1-16-9-6-7-10-17(16)13-22(15-19(24)26-5)14-18-11-8-12-23(18)20(25)27-21(2,3)4/h6-7,9-10,18H,8,11-15H2,1-5H3/t18-/m0/s1. The average molecular weight is 376 g/mol. The van der Waals surface area contributed by atoms with Crippen LogP contribution < -0.4 is 0 Å². The molecular weight excluding hydrogens is 344 g/mol.